The number of urea groups is 1. The summed E-state index contributed by atoms with van der Waals surface area (Å²) >= 11 is 0. The second kappa shape index (κ2) is 10.4. The standard InChI is InChI=1S/C19H28N4O4S/c1-3-16(2)20-19(25)21-18(24)15-22-10-12-23(13-11-22)28(26,27)14-9-17-7-5-4-6-8-17/h4-9,14,16H,3,10-13,15H2,1-2H3,(H2,20,21,24,25)/b14-9+/t16-/m1/s1. The third-order valence-electron chi connectivity index (χ3n) is 4.53. The Morgan fingerprint density at radius 1 is 1.14 bits per heavy atom. The molecule has 1 aromatic carbocycles. The number of nitrogens with zero attached hydrogens (tertiary/aromatic N) is 2. The summed E-state index contributed by atoms with van der Waals surface area (Å²) < 4.78 is 26.3. The summed E-state index contributed by atoms with van der Waals surface area (Å²) in [5.41, 5.74) is 0.817. The summed E-state index contributed by atoms with van der Waals surface area (Å²) in [7, 11) is -3.51. The summed E-state index contributed by atoms with van der Waals surface area (Å²) in [4.78, 5) is 25.5. The van der Waals surface area contributed by atoms with Crippen molar-refractivity contribution in [1.29, 1.82) is 0 Å². The van der Waals surface area contributed by atoms with Gasteiger partial charge in [-0.1, -0.05) is 37.3 Å². The van der Waals surface area contributed by atoms with Crippen LogP contribution in [-0.4, -0.2) is 68.3 Å². The molecule has 3 amide bonds. The van der Waals surface area contributed by atoms with Crippen LogP contribution in [0.1, 0.15) is 25.8 Å². The van der Waals surface area contributed by atoms with Crippen LogP contribution < -0.4 is 10.6 Å². The number of sulfonamides is 1. The monoisotopic (exact) mass is 408 g/mol. The van der Waals surface area contributed by atoms with E-state index >= 15 is 0 Å². The van der Waals surface area contributed by atoms with E-state index in [9.17, 15) is 18.0 Å². The molecule has 2 rings (SSSR count). The number of carbonyl (C=O) groups excluding carboxylic acids is 2. The quantitative estimate of drug-likeness (QED) is 0.707. The summed E-state index contributed by atoms with van der Waals surface area (Å²) in [5.74, 6) is -0.402. The van der Waals surface area contributed by atoms with Gasteiger partial charge in [-0.15, -0.1) is 0 Å². The predicted molar refractivity (Wildman–Crippen MR) is 109 cm³/mol. The Hall–Kier alpha value is -2.23. The van der Waals surface area contributed by atoms with Crippen molar-refractivity contribution in [3.8, 4) is 0 Å². The maximum Gasteiger partial charge on any atom is 0.321 e. The van der Waals surface area contributed by atoms with Crippen molar-refractivity contribution in [3.05, 3.63) is 41.3 Å². The molecular formula is C19H28N4O4S. The highest BCUT2D eigenvalue weighted by molar-refractivity contribution is 7.92. The summed E-state index contributed by atoms with van der Waals surface area (Å²) in [6.45, 7) is 5.31. The maximum atomic E-state index is 12.5. The molecule has 28 heavy (non-hydrogen) atoms. The molecule has 0 unspecified atom stereocenters. The molecule has 0 saturated carbocycles. The van der Waals surface area contributed by atoms with E-state index in [2.05, 4.69) is 10.6 Å². The van der Waals surface area contributed by atoms with Crippen molar-refractivity contribution in [2.45, 2.75) is 26.3 Å². The second-order valence-electron chi connectivity index (χ2n) is 6.76. The minimum Gasteiger partial charge on any atom is -0.335 e. The Balaban J connectivity index is 1.79. The zero-order chi connectivity index (χ0) is 20.6. The highest BCUT2D eigenvalue weighted by Crippen LogP contribution is 2.11. The van der Waals surface area contributed by atoms with Crippen molar-refractivity contribution in [2.75, 3.05) is 32.7 Å². The van der Waals surface area contributed by atoms with Crippen molar-refractivity contribution in [3.63, 3.8) is 0 Å². The fraction of sp³-hybridized carbons (Fsp3) is 0.474. The highest BCUT2D eigenvalue weighted by atomic mass is 32.2. The topological polar surface area (TPSA) is 98.8 Å². The van der Waals surface area contributed by atoms with Gasteiger partial charge in [0.05, 0.1) is 6.54 Å². The van der Waals surface area contributed by atoms with E-state index in [1.54, 1.807) is 6.08 Å². The lowest BCUT2D eigenvalue weighted by molar-refractivity contribution is -0.121. The highest BCUT2D eigenvalue weighted by Gasteiger charge is 2.26. The van der Waals surface area contributed by atoms with Gasteiger partial charge >= 0.3 is 6.03 Å². The van der Waals surface area contributed by atoms with Gasteiger partial charge in [-0.05, 0) is 25.0 Å². The van der Waals surface area contributed by atoms with Gasteiger partial charge in [-0.3, -0.25) is 15.0 Å². The van der Waals surface area contributed by atoms with Gasteiger partial charge < -0.3 is 5.32 Å². The minimum absolute atomic E-state index is 0.00880. The molecule has 8 nitrogen and oxygen atoms in total. The number of piperazine rings is 1. The average molecular weight is 409 g/mol. The molecule has 1 fully saturated rings. The minimum atomic E-state index is -3.51. The zero-order valence-corrected chi connectivity index (χ0v) is 17.1. The lowest BCUT2D eigenvalue weighted by Gasteiger charge is -2.32. The zero-order valence-electron chi connectivity index (χ0n) is 16.3. The van der Waals surface area contributed by atoms with E-state index in [4.69, 9.17) is 0 Å². The number of nitrogens with one attached hydrogen (secondary N) is 2. The Morgan fingerprint density at radius 3 is 2.39 bits per heavy atom. The molecule has 1 aliphatic rings. The number of imide groups is 1. The van der Waals surface area contributed by atoms with E-state index in [0.29, 0.717) is 26.2 Å². The predicted octanol–water partition coefficient (Wildman–Crippen LogP) is 1.23. The third-order valence-corrected chi connectivity index (χ3v) is 6.10. The summed E-state index contributed by atoms with van der Waals surface area (Å²) in [6.07, 6.45) is 2.35. The van der Waals surface area contributed by atoms with Gasteiger partial charge in [0, 0.05) is 37.6 Å². The van der Waals surface area contributed by atoms with Crippen LogP contribution in [0.15, 0.2) is 35.7 Å². The molecule has 2 N–H and O–H groups in total. The average Bonchev–Trinajstić information content (AvgIpc) is 2.67. The Morgan fingerprint density at radius 2 is 1.79 bits per heavy atom. The first-order valence-corrected chi connectivity index (χ1v) is 10.9. The molecule has 1 aliphatic heterocycles. The number of amides is 3. The smallest absolute Gasteiger partial charge is 0.321 e. The van der Waals surface area contributed by atoms with Crippen LogP contribution in [0.5, 0.6) is 0 Å². The normalized spacial score (nSPS) is 17.4. The maximum absolute atomic E-state index is 12.5. The Kier molecular flexibility index (Phi) is 8.16. The molecule has 0 aliphatic carbocycles. The van der Waals surface area contributed by atoms with E-state index in [-0.39, 0.29) is 12.6 Å². The van der Waals surface area contributed by atoms with Crippen molar-refractivity contribution < 1.29 is 18.0 Å². The molecule has 0 bridgehead atoms. The van der Waals surface area contributed by atoms with Gasteiger partial charge in [-0.25, -0.2) is 13.2 Å². The van der Waals surface area contributed by atoms with E-state index in [1.807, 2.05) is 49.1 Å². The Bertz CT molecular complexity index is 787. The van der Waals surface area contributed by atoms with Crippen LogP contribution in [0.2, 0.25) is 0 Å². The molecule has 1 aromatic rings. The van der Waals surface area contributed by atoms with Gasteiger partial charge in [0.1, 0.15) is 0 Å². The van der Waals surface area contributed by atoms with Crippen molar-refractivity contribution in [2.24, 2.45) is 0 Å². The van der Waals surface area contributed by atoms with Crippen LogP contribution in [0.3, 0.4) is 0 Å². The lowest BCUT2D eigenvalue weighted by Crippen LogP contribution is -2.52. The first kappa shape index (κ1) is 22.1. The van der Waals surface area contributed by atoms with Gasteiger partial charge in [0.25, 0.3) is 0 Å². The molecule has 154 valence electrons. The number of carbonyl (C=O) groups is 2. The van der Waals surface area contributed by atoms with E-state index in [0.717, 1.165) is 12.0 Å². The third kappa shape index (κ3) is 7.06. The number of rotatable bonds is 7. The van der Waals surface area contributed by atoms with Crippen LogP contribution in [0.4, 0.5) is 4.79 Å². The molecule has 0 spiro atoms. The van der Waals surface area contributed by atoms with Crippen LogP contribution in [0, 0.1) is 0 Å². The van der Waals surface area contributed by atoms with Crippen LogP contribution >= 0.6 is 0 Å². The fourth-order valence-corrected chi connectivity index (χ4v) is 3.86. The van der Waals surface area contributed by atoms with E-state index in [1.165, 1.54) is 9.71 Å². The molecule has 0 radical (unpaired) electrons. The first-order chi connectivity index (χ1) is 13.3. The number of benzene rings is 1. The second-order valence-corrected chi connectivity index (χ2v) is 8.58. The van der Waals surface area contributed by atoms with Crippen LogP contribution in [-0.2, 0) is 14.8 Å². The van der Waals surface area contributed by atoms with Gasteiger partial charge in [0.15, 0.2) is 0 Å². The molecule has 1 saturated heterocycles. The SMILES string of the molecule is CC[C@@H](C)NC(=O)NC(=O)CN1CCN(S(=O)(=O)/C=C/c2ccccc2)CC1. The largest absolute Gasteiger partial charge is 0.335 e. The molecule has 9 heteroatoms. The fourth-order valence-electron chi connectivity index (χ4n) is 2.69. The van der Waals surface area contributed by atoms with Gasteiger partial charge in [-0.2, -0.15) is 4.31 Å². The summed E-state index contributed by atoms with van der Waals surface area (Å²) in [6, 6.07) is 8.71. The van der Waals surface area contributed by atoms with Crippen LogP contribution in [0.25, 0.3) is 6.08 Å². The molecular weight excluding hydrogens is 380 g/mol. The summed E-state index contributed by atoms with van der Waals surface area (Å²) in [5, 5.41) is 6.18. The molecule has 1 heterocycles. The van der Waals surface area contributed by atoms with Crippen molar-refractivity contribution >= 4 is 28.0 Å². The first-order valence-electron chi connectivity index (χ1n) is 9.36. The lowest BCUT2D eigenvalue weighted by atomic mass is 10.2. The van der Waals surface area contributed by atoms with Gasteiger partial charge in [0.2, 0.25) is 15.9 Å². The van der Waals surface area contributed by atoms with E-state index < -0.39 is 22.0 Å². The Labute approximate surface area is 166 Å². The molecule has 1 atom stereocenters. The van der Waals surface area contributed by atoms with Crippen molar-refractivity contribution in [1.82, 2.24) is 19.8 Å². The molecule has 0 aromatic heterocycles. The number of hydrogen-bond acceptors (Lipinski definition) is 5. The number of hydrogen-bond donors (Lipinski definition) is 2.